The molecule has 20 heavy (non-hydrogen) atoms. The highest BCUT2D eigenvalue weighted by Gasteiger charge is 2.47. The van der Waals surface area contributed by atoms with E-state index in [4.69, 9.17) is 5.11 Å². The quantitative estimate of drug-likeness (QED) is 0.719. The second kappa shape index (κ2) is 6.59. The minimum Gasteiger partial charge on any atom is -0.481 e. The van der Waals surface area contributed by atoms with Crippen LogP contribution >= 0.6 is 0 Å². The van der Waals surface area contributed by atoms with Crippen LogP contribution in [0.2, 0.25) is 0 Å². The number of carboxylic acid groups (broad SMARTS) is 1. The maximum absolute atomic E-state index is 12.0. The molecule has 0 aliphatic heterocycles. The topological polar surface area (TPSA) is 66.4 Å². The summed E-state index contributed by atoms with van der Waals surface area (Å²) in [6.07, 6.45) is 5.33. The molecule has 3 atom stereocenters. The highest BCUT2D eigenvalue weighted by atomic mass is 16.4. The van der Waals surface area contributed by atoms with Crippen molar-refractivity contribution < 1.29 is 14.7 Å². The van der Waals surface area contributed by atoms with E-state index < -0.39 is 5.97 Å². The Morgan fingerprint density at radius 1 is 1.15 bits per heavy atom. The van der Waals surface area contributed by atoms with Crippen molar-refractivity contribution in [3.05, 3.63) is 0 Å². The lowest BCUT2D eigenvalue weighted by Crippen LogP contribution is -2.32. The smallest absolute Gasteiger partial charge is 0.303 e. The lowest BCUT2D eigenvalue weighted by Gasteiger charge is -2.21. The number of carbonyl (C=O) groups excluding carboxylic acids is 1. The molecule has 0 radical (unpaired) electrons. The van der Waals surface area contributed by atoms with Crippen molar-refractivity contribution in [3.8, 4) is 0 Å². The highest BCUT2D eigenvalue weighted by molar-refractivity contribution is 5.79. The molecule has 2 saturated carbocycles. The lowest BCUT2D eigenvalue weighted by atomic mass is 9.88. The number of carbonyl (C=O) groups is 2. The van der Waals surface area contributed by atoms with Crippen LogP contribution in [0.15, 0.2) is 0 Å². The van der Waals surface area contributed by atoms with E-state index in [9.17, 15) is 9.59 Å². The first-order chi connectivity index (χ1) is 9.47. The molecule has 2 fully saturated rings. The van der Waals surface area contributed by atoms with E-state index >= 15 is 0 Å². The summed E-state index contributed by atoms with van der Waals surface area (Å²) in [4.78, 5) is 22.7. The standard InChI is InChI=1S/C16H27NO3/c1-10(2)11(3-4-15(18)19)5-6-17-16(20)14-8-12-7-13(12)9-14/h10-14H,3-9H2,1-2H3,(H,17,20)(H,18,19). The number of nitrogens with one attached hydrogen (secondary N) is 1. The predicted octanol–water partition coefficient (Wildman–Crippen LogP) is 2.68. The Balaban J connectivity index is 1.64. The van der Waals surface area contributed by atoms with Gasteiger partial charge in [-0.25, -0.2) is 0 Å². The number of rotatable bonds is 8. The van der Waals surface area contributed by atoms with Gasteiger partial charge in [0, 0.05) is 18.9 Å². The molecule has 0 bridgehead atoms. The molecule has 0 aromatic heterocycles. The van der Waals surface area contributed by atoms with Gasteiger partial charge in [0.25, 0.3) is 0 Å². The molecular formula is C16H27NO3. The first-order valence-electron chi connectivity index (χ1n) is 7.96. The summed E-state index contributed by atoms with van der Waals surface area (Å²) in [5, 5.41) is 11.8. The van der Waals surface area contributed by atoms with Crippen molar-refractivity contribution in [2.24, 2.45) is 29.6 Å². The summed E-state index contributed by atoms with van der Waals surface area (Å²) in [7, 11) is 0. The summed E-state index contributed by atoms with van der Waals surface area (Å²) in [5.41, 5.74) is 0. The van der Waals surface area contributed by atoms with E-state index in [2.05, 4.69) is 19.2 Å². The molecular weight excluding hydrogens is 254 g/mol. The van der Waals surface area contributed by atoms with E-state index in [0.717, 1.165) is 31.1 Å². The highest BCUT2D eigenvalue weighted by Crippen LogP contribution is 2.54. The summed E-state index contributed by atoms with van der Waals surface area (Å²) in [6, 6.07) is 0. The molecule has 2 aliphatic carbocycles. The molecule has 0 aromatic rings. The van der Waals surface area contributed by atoms with Crippen LogP contribution in [0.5, 0.6) is 0 Å². The van der Waals surface area contributed by atoms with Crippen LogP contribution in [0.3, 0.4) is 0 Å². The number of hydrogen-bond donors (Lipinski definition) is 2. The van der Waals surface area contributed by atoms with Crippen molar-refractivity contribution in [2.75, 3.05) is 6.54 Å². The van der Waals surface area contributed by atoms with E-state index in [1.165, 1.54) is 6.42 Å². The second-order valence-electron chi connectivity index (χ2n) is 6.94. The number of fused-ring (bicyclic) bond motifs is 1. The van der Waals surface area contributed by atoms with Gasteiger partial charge in [-0.15, -0.1) is 0 Å². The fourth-order valence-corrected chi connectivity index (χ4v) is 3.57. The first-order valence-corrected chi connectivity index (χ1v) is 7.96. The van der Waals surface area contributed by atoms with Crippen LogP contribution < -0.4 is 5.32 Å². The Bertz CT molecular complexity index is 357. The van der Waals surface area contributed by atoms with Crippen LogP contribution in [0.4, 0.5) is 0 Å². The molecule has 4 nitrogen and oxygen atoms in total. The Labute approximate surface area is 121 Å². The summed E-state index contributed by atoms with van der Waals surface area (Å²) >= 11 is 0. The summed E-state index contributed by atoms with van der Waals surface area (Å²) < 4.78 is 0. The van der Waals surface area contributed by atoms with Crippen molar-refractivity contribution >= 4 is 11.9 Å². The minimum atomic E-state index is -0.732. The Hall–Kier alpha value is -1.06. The van der Waals surface area contributed by atoms with Crippen LogP contribution in [0.25, 0.3) is 0 Å². The van der Waals surface area contributed by atoms with E-state index in [1.807, 2.05) is 0 Å². The van der Waals surface area contributed by atoms with Crippen molar-refractivity contribution in [1.29, 1.82) is 0 Å². The lowest BCUT2D eigenvalue weighted by molar-refractivity contribution is -0.137. The molecule has 0 spiro atoms. The molecule has 2 rings (SSSR count). The van der Waals surface area contributed by atoms with Crippen LogP contribution in [-0.2, 0) is 9.59 Å². The average Bonchev–Trinajstić information content (AvgIpc) is 2.99. The van der Waals surface area contributed by atoms with Gasteiger partial charge in [-0.05, 0) is 55.8 Å². The maximum atomic E-state index is 12.0. The van der Waals surface area contributed by atoms with Gasteiger partial charge in [0.05, 0.1) is 0 Å². The zero-order valence-corrected chi connectivity index (χ0v) is 12.6. The summed E-state index contributed by atoms with van der Waals surface area (Å²) in [6.45, 7) is 4.94. The Kier molecular flexibility index (Phi) is 5.06. The van der Waals surface area contributed by atoms with Gasteiger partial charge in [0.2, 0.25) is 5.91 Å². The molecule has 0 saturated heterocycles. The maximum Gasteiger partial charge on any atom is 0.303 e. The van der Waals surface area contributed by atoms with Gasteiger partial charge >= 0.3 is 5.97 Å². The van der Waals surface area contributed by atoms with Crippen LogP contribution in [0, 0.1) is 29.6 Å². The Morgan fingerprint density at radius 2 is 1.80 bits per heavy atom. The van der Waals surface area contributed by atoms with Gasteiger partial charge in [-0.2, -0.15) is 0 Å². The van der Waals surface area contributed by atoms with Gasteiger partial charge < -0.3 is 10.4 Å². The van der Waals surface area contributed by atoms with Gasteiger partial charge in [0.15, 0.2) is 0 Å². The fourth-order valence-electron chi connectivity index (χ4n) is 3.57. The predicted molar refractivity (Wildman–Crippen MR) is 77.1 cm³/mol. The molecule has 114 valence electrons. The largest absolute Gasteiger partial charge is 0.481 e. The molecule has 4 heteroatoms. The first kappa shape index (κ1) is 15.3. The number of aliphatic carboxylic acids is 1. The van der Waals surface area contributed by atoms with Gasteiger partial charge in [-0.1, -0.05) is 13.8 Å². The zero-order chi connectivity index (χ0) is 14.7. The minimum absolute atomic E-state index is 0.220. The van der Waals surface area contributed by atoms with Crippen LogP contribution in [0.1, 0.15) is 52.4 Å². The monoisotopic (exact) mass is 281 g/mol. The van der Waals surface area contributed by atoms with Crippen LogP contribution in [-0.4, -0.2) is 23.5 Å². The molecule has 0 aromatic carbocycles. The Morgan fingerprint density at radius 3 is 2.35 bits per heavy atom. The second-order valence-corrected chi connectivity index (χ2v) is 6.94. The zero-order valence-electron chi connectivity index (χ0n) is 12.6. The van der Waals surface area contributed by atoms with E-state index in [0.29, 0.717) is 24.8 Å². The van der Waals surface area contributed by atoms with Gasteiger partial charge in [0.1, 0.15) is 0 Å². The molecule has 2 N–H and O–H groups in total. The SMILES string of the molecule is CC(C)C(CCNC(=O)C1CC2CC2C1)CCC(=O)O. The van der Waals surface area contributed by atoms with E-state index in [1.54, 1.807) is 0 Å². The third-order valence-corrected chi connectivity index (χ3v) is 5.10. The van der Waals surface area contributed by atoms with Crippen molar-refractivity contribution in [2.45, 2.75) is 52.4 Å². The van der Waals surface area contributed by atoms with Crippen molar-refractivity contribution in [3.63, 3.8) is 0 Å². The molecule has 1 amide bonds. The summed E-state index contributed by atoms with van der Waals surface area (Å²) in [5.74, 6) is 2.25. The van der Waals surface area contributed by atoms with E-state index in [-0.39, 0.29) is 18.2 Å². The number of carboxylic acids is 1. The normalized spacial score (nSPS) is 29.1. The average molecular weight is 281 g/mol. The molecule has 0 heterocycles. The molecule has 2 aliphatic rings. The molecule has 3 unspecified atom stereocenters. The third kappa shape index (κ3) is 4.22. The van der Waals surface area contributed by atoms with Gasteiger partial charge in [-0.3, -0.25) is 9.59 Å². The third-order valence-electron chi connectivity index (χ3n) is 5.10. The number of amides is 1. The van der Waals surface area contributed by atoms with Crippen molar-refractivity contribution in [1.82, 2.24) is 5.32 Å². The number of hydrogen-bond acceptors (Lipinski definition) is 2. The fraction of sp³-hybridized carbons (Fsp3) is 0.875.